The summed E-state index contributed by atoms with van der Waals surface area (Å²) in [6, 6.07) is 8.49. The predicted molar refractivity (Wildman–Crippen MR) is 123 cm³/mol. The summed E-state index contributed by atoms with van der Waals surface area (Å²) in [5, 5.41) is 16.8. The Morgan fingerprint density at radius 1 is 1.33 bits per heavy atom. The maximum atomic E-state index is 12.9. The van der Waals surface area contributed by atoms with Gasteiger partial charge < -0.3 is 14.8 Å². The number of nitrogens with zero attached hydrogens (tertiary/aromatic N) is 3. The molecular weight excluding hydrogens is 420 g/mol. The highest BCUT2D eigenvalue weighted by Crippen LogP contribution is 2.25. The number of fused-ring (bicyclic) bond motifs is 1. The number of hydrogen-bond donors (Lipinski definition) is 1. The van der Waals surface area contributed by atoms with Gasteiger partial charge in [0.2, 0.25) is 0 Å². The first-order valence-corrected chi connectivity index (χ1v) is 11.5. The van der Waals surface area contributed by atoms with Crippen LogP contribution >= 0.6 is 0 Å². The molecule has 0 aliphatic carbocycles. The quantitative estimate of drug-likeness (QED) is 0.674. The fourth-order valence-corrected chi connectivity index (χ4v) is 3.87. The van der Waals surface area contributed by atoms with Gasteiger partial charge in [-0.15, -0.1) is 0 Å². The summed E-state index contributed by atoms with van der Waals surface area (Å²) in [5.74, 6) is -0.553. The lowest BCUT2D eigenvalue weighted by Crippen LogP contribution is -2.29. The third-order valence-corrected chi connectivity index (χ3v) is 5.54. The molecule has 33 heavy (non-hydrogen) atoms. The number of rotatable bonds is 6. The molecule has 0 saturated carbocycles. The summed E-state index contributed by atoms with van der Waals surface area (Å²) in [5.41, 5.74) is 2.69. The molecule has 0 bridgehead atoms. The van der Waals surface area contributed by atoms with Crippen LogP contribution in [0.1, 0.15) is 71.3 Å². The number of nitrogens with one attached hydrogen (secondary N) is 1. The first kappa shape index (κ1) is 24.5. The van der Waals surface area contributed by atoms with Crippen molar-refractivity contribution in [3.8, 4) is 6.07 Å². The number of carbonyl (C=O) groups excluding carboxylic acids is 2. The van der Waals surface area contributed by atoms with Crippen molar-refractivity contribution in [2.45, 2.75) is 53.0 Å². The topological polar surface area (TPSA) is 106 Å². The van der Waals surface area contributed by atoms with Crippen molar-refractivity contribution in [3.05, 3.63) is 52.3 Å². The summed E-state index contributed by atoms with van der Waals surface area (Å²) < 4.78 is 13.1. The monoisotopic (exact) mass is 452 g/mol. The largest absolute Gasteiger partial charge is 0.461 e. The maximum absolute atomic E-state index is 12.9. The molecule has 8 heteroatoms. The predicted octanol–water partition coefficient (Wildman–Crippen LogP) is 3.28. The van der Waals surface area contributed by atoms with Crippen LogP contribution < -0.4 is 5.32 Å². The van der Waals surface area contributed by atoms with Crippen LogP contribution in [0, 0.1) is 16.7 Å². The van der Waals surface area contributed by atoms with Crippen molar-refractivity contribution in [1.29, 1.82) is 5.26 Å². The van der Waals surface area contributed by atoms with E-state index >= 15 is 0 Å². The minimum absolute atomic E-state index is 0.0865. The van der Waals surface area contributed by atoms with E-state index in [9.17, 15) is 9.59 Å². The molecule has 0 radical (unpaired) electrons. The van der Waals surface area contributed by atoms with Crippen LogP contribution in [0.3, 0.4) is 0 Å². The summed E-state index contributed by atoms with van der Waals surface area (Å²) in [6.45, 7) is 8.52. The van der Waals surface area contributed by atoms with Gasteiger partial charge >= 0.3 is 5.97 Å². The van der Waals surface area contributed by atoms with E-state index in [1.807, 2.05) is 31.5 Å². The van der Waals surface area contributed by atoms with Crippen LogP contribution in [0.2, 0.25) is 0 Å². The lowest BCUT2D eigenvalue weighted by molar-refractivity contribution is 0.0304. The Hall–Kier alpha value is -3.18. The molecule has 176 valence electrons. The molecule has 0 fully saturated rings. The van der Waals surface area contributed by atoms with Gasteiger partial charge in [0.1, 0.15) is 0 Å². The van der Waals surface area contributed by atoms with E-state index < -0.39 is 11.4 Å². The molecule has 1 aromatic carbocycles. The Morgan fingerprint density at radius 3 is 2.88 bits per heavy atom. The van der Waals surface area contributed by atoms with Gasteiger partial charge in [-0.1, -0.05) is 26.8 Å². The molecule has 1 aliphatic rings. The zero-order chi connectivity index (χ0) is 23.8. The summed E-state index contributed by atoms with van der Waals surface area (Å²) in [6.07, 6.45) is 2.93. The number of benzene rings is 1. The number of aryl methyl sites for hydroxylation is 1. The highest BCUT2D eigenvalue weighted by molar-refractivity contribution is 5.96. The second kappa shape index (κ2) is 11.1. The van der Waals surface area contributed by atoms with Gasteiger partial charge in [0.25, 0.3) is 5.91 Å². The van der Waals surface area contributed by atoms with Gasteiger partial charge in [0.05, 0.1) is 40.8 Å². The minimum Gasteiger partial charge on any atom is -0.461 e. The lowest BCUT2D eigenvalue weighted by atomic mass is 9.94. The van der Waals surface area contributed by atoms with Crippen LogP contribution in [-0.4, -0.2) is 48.0 Å². The van der Waals surface area contributed by atoms with E-state index in [4.69, 9.17) is 19.8 Å². The van der Waals surface area contributed by atoms with Gasteiger partial charge in [-0.3, -0.25) is 9.48 Å². The number of carbonyl (C=O) groups is 2. The first-order chi connectivity index (χ1) is 15.8. The molecule has 0 saturated heterocycles. The van der Waals surface area contributed by atoms with Crippen LogP contribution in [0.15, 0.2) is 24.3 Å². The van der Waals surface area contributed by atoms with E-state index in [-0.39, 0.29) is 12.5 Å². The second-order valence-electron chi connectivity index (χ2n) is 9.04. The SMILES string of the molecule is CCc1nn(CC(C)(C)COC(=O)c2cccc(C#N)c2)c2c1C(=O)NCCCOCCC2. The van der Waals surface area contributed by atoms with E-state index in [1.165, 1.54) is 6.07 Å². The number of esters is 1. The number of amides is 1. The molecule has 0 atom stereocenters. The summed E-state index contributed by atoms with van der Waals surface area (Å²) in [4.78, 5) is 25.4. The van der Waals surface area contributed by atoms with Crippen molar-refractivity contribution < 1.29 is 19.1 Å². The molecule has 1 aliphatic heterocycles. The van der Waals surface area contributed by atoms with Gasteiger partial charge in [-0.2, -0.15) is 10.4 Å². The molecule has 1 amide bonds. The Balaban J connectivity index is 1.77. The highest BCUT2D eigenvalue weighted by atomic mass is 16.5. The highest BCUT2D eigenvalue weighted by Gasteiger charge is 2.28. The molecule has 2 heterocycles. The Kier molecular flexibility index (Phi) is 8.23. The number of aromatic nitrogens is 2. The Bertz CT molecular complexity index is 1040. The van der Waals surface area contributed by atoms with E-state index in [0.717, 1.165) is 24.2 Å². The van der Waals surface area contributed by atoms with Crippen LogP contribution in [0.4, 0.5) is 0 Å². The standard InChI is InChI=1S/C25H32N4O4/c1-4-20-22-21(10-6-12-32-13-7-11-27-23(22)30)29(28-20)16-25(2,3)17-33-24(31)19-9-5-8-18(14-19)15-26/h5,8-9,14H,4,6-7,10-13,16-17H2,1-3H3,(H,27,30). The normalized spacial score (nSPS) is 15.0. The fraction of sp³-hybridized carbons (Fsp3) is 0.520. The van der Waals surface area contributed by atoms with Crippen molar-refractivity contribution in [1.82, 2.24) is 15.1 Å². The maximum Gasteiger partial charge on any atom is 0.338 e. The molecule has 0 unspecified atom stereocenters. The molecule has 1 aromatic heterocycles. The van der Waals surface area contributed by atoms with Crippen molar-refractivity contribution in [3.63, 3.8) is 0 Å². The van der Waals surface area contributed by atoms with Gasteiger partial charge in [-0.05, 0) is 43.9 Å². The number of nitriles is 1. The molecule has 0 spiro atoms. The van der Waals surface area contributed by atoms with Crippen LogP contribution in [0.25, 0.3) is 0 Å². The third kappa shape index (κ3) is 6.42. The van der Waals surface area contributed by atoms with Gasteiger partial charge in [0.15, 0.2) is 0 Å². The summed E-state index contributed by atoms with van der Waals surface area (Å²) in [7, 11) is 0. The smallest absolute Gasteiger partial charge is 0.338 e. The Morgan fingerprint density at radius 2 is 2.12 bits per heavy atom. The van der Waals surface area contributed by atoms with E-state index in [2.05, 4.69) is 5.32 Å². The summed E-state index contributed by atoms with van der Waals surface area (Å²) >= 11 is 0. The molecule has 8 nitrogen and oxygen atoms in total. The number of hydrogen-bond acceptors (Lipinski definition) is 6. The second-order valence-corrected chi connectivity index (χ2v) is 9.04. The molecule has 1 N–H and O–H groups in total. The van der Waals surface area contributed by atoms with E-state index in [0.29, 0.717) is 55.8 Å². The lowest BCUT2D eigenvalue weighted by Gasteiger charge is -2.25. The third-order valence-electron chi connectivity index (χ3n) is 5.54. The van der Waals surface area contributed by atoms with Crippen molar-refractivity contribution >= 4 is 11.9 Å². The molecule has 3 rings (SSSR count). The van der Waals surface area contributed by atoms with Crippen LogP contribution in [-0.2, 0) is 28.9 Å². The average molecular weight is 453 g/mol. The molecular formula is C25H32N4O4. The molecule has 2 aromatic rings. The number of ether oxygens (including phenoxy) is 2. The van der Waals surface area contributed by atoms with Gasteiger partial charge in [-0.25, -0.2) is 4.79 Å². The fourth-order valence-electron chi connectivity index (χ4n) is 3.87. The average Bonchev–Trinajstić information content (AvgIpc) is 3.13. The first-order valence-electron chi connectivity index (χ1n) is 11.5. The van der Waals surface area contributed by atoms with Crippen molar-refractivity contribution in [2.24, 2.45) is 5.41 Å². The zero-order valence-electron chi connectivity index (χ0n) is 19.6. The van der Waals surface area contributed by atoms with Crippen molar-refractivity contribution in [2.75, 3.05) is 26.4 Å². The minimum atomic E-state index is -0.467. The van der Waals surface area contributed by atoms with Crippen LogP contribution in [0.5, 0.6) is 0 Å². The Labute approximate surface area is 194 Å². The van der Waals surface area contributed by atoms with Gasteiger partial charge in [0, 0.05) is 31.7 Å². The zero-order valence-corrected chi connectivity index (χ0v) is 19.6. The van der Waals surface area contributed by atoms with E-state index in [1.54, 1.807) is 18.2 Å².